The van der Waals surface area contributed by atoms with Crippen LogP contribution in [0.2, 0.25) is 0 Å². The molecule has 4 nitrogen and oxygen atoms in total. The second-order valence-corrected chi connectivity index (χ2v) is 9.87. The standard InChI is InChI=1S/C27H22N2O2S2/c1-17-12-14-19(15-13-17)16-28-22-11-7-6-10-21(22)23(25(28)30)24-26(31)29(27(32)33-24)18(2)20-8-4-3-5-9-20/h3-15,18H,16H2,1-2H3/b24-23-/t18-/m1/s1. The number of hydrogen-bond acceptors (Lipinski definition) is 4. The number of amides is 2. The molecule has 0 spiro atoms. The monoisotopic (exact) mass is 470 g/mol. The summed E-state index contributed by atoms with van der Waals surface area (Å²) in [6.07, 6.45) is 0. The predicted octanol–water partition coefficient (Wildman–Crippen LogP) is 5.87. The summed E-state index contributed by atoms with van der Waals surface area (Å²) in [6.45, 7) is 4.44. The van der Waals surface area contributed by atoms with Crippen LogP contribution in [0.3, 0.4) is 0 Å². The Morgan fingerprint density at radius 3 is 2.27 bits per heavy atom. The van der Waals surface area contributed by atoms with E-state index >= 15 is 0 Å². The molecule has 0 unspecified atom stereocenters. The van der Waals surface area contributed by atoms with Crippen LogP contribution in [0.25, 0.3) is 5.57 Å². The Morgan fingerprint density at radius 2 is 1.55 bits per heavy atom. The van der Waals surface area contributed by atoms with Crippen molar-refractivity contribution in [3.8, 4) is 0 Å². The molecule has 6 heteroatoms. The normalized spacial score (nSPS) is 18.8. The van der Waals surface area contributed by atoms with Gasteiger partial charge in [-0.1, -0.05) is 102 Å². The second kappa shape index (κ2) is 8.61. The highest BCUT2D eigenvalue weighted by molar-refractivity contribution is 8.26. The van der Waals surface area contributed by atoms with Crippen molar-refractivity contribution in [2.24, 2.45) is 0 Å². The van der Waals surface area contributed by atoms with E-state index in [0.717, 1.165) is 22.4 Å². The third-order valence-corrected chi connectivity index (χ3v) is 7.48. The fraction of sp³-hybridized carbons (Fsp3) is 0.148. The molecule has 33 heavy (non-hydrogen) atoms. The van der Waals surface area contributed by atoms with E-state index in [1.54, 1.807) is 9.80 Å². The van der Waals surface area contributed by atoms with Gasteiger partial charge in [0.15, 0.2) is 0 Å². The number of aryl methyl sites for hydroxylation is 1. The van der Waals surface area contributed by atoms with Crippen LogP contribution in [0.15, 0.2) is 83.8 Å². The van der Waals surface area contributed by atoms with Crippen molar-refractivity contribution in [1.82, 2.24) is 4.90 Å². The minimum atomic E-state index is -0.216. The molecule has 2 aliphatic rings. The molecule has 164 valence electrons. The number of nitrogens with zero attached hydrogens (tertiary/aromatic N) is 2. The molecule has 1 atom stereocenters. The van der Waals surface area contributed by atoms with Crippen LogP contribution >= 0.6 is 24.0 Å². The van der Waals surface area contributed by atoms with Crippen LogP contribution in [0.5, 0.6) is 0 Å². The van der Waals surface area contributed by atoms with Crippen LogP contribution in [-0.4, -0.2) is 21.0 Å². The van der Waals surface area contributed by atoms with Crippen LogP contribution in [-0.2, 0) is 16.1 Å². The molecule has 1 fully saturated rings. The van der Waals surface area contributed by atoms with Crippen molar-refractivity contribution in [1.29, 1.82) is 0 Å². The summed E-state index contributed by atoms with van der Waals surface area (Å²) < 4.78 is 0.473. The summed E-state index contributed by atoms with van der Waals surface area (Å²) in [5.41, 5.74) is 5.25. The van der Waals surface area contributed by atoms with E-state index in [9.17, 15) is 9.59 Å². The minimum Gasteiger partial charge on any atom is -0.303 e. The molecule has 2 aliphatic heterocycles. The van der Waals surface area contributed by atoms with E-state index in [0.29, 0.717) is 21.3 Å². The lowest BCUT2D eigenvalue weighted by molar-refractivity contribution is -0.123. The number of rotatable bonds is 4. The van der Waals surface area contributed by atoms with Gasteiger partial charge >= 0.3 is 0 Å². The van der Waals surface area contributed by atoms with Crippen LogP contribution < -0.4 is 4.90 Å². The largest absolute Gasteiger partial charge is 0.303 e. The first-order valence-corrected chi connectivity index (χ1v) is 12.0. The highest BCUT2D eigenvalue weighted by atomic mass is 32.2. The topological polar surface area (TPSA) is 40.6 Å². The fourth-order valence-electron chi connectivity index (χ4n) is 4.28. The Morgan fingerprint density at radius 1 is 0.879 bits per heavy atom. The van der Waals surface area contributed by atoms with Crippen LogP contribution in [0.4, 0.5) is 5.69 Å². The Balaban J connectivity index is 1.53. The maximum absolute atomic E-state index is 13.7. The van der Waals surface area contributed by atoms with Gasteiger partial charge in [-0.05, 0) is 31.0 Å². The zero-order valence-corrected chi connectivity index (χ0v) is 20.0. The Labute approximate surface area is 202 Å². The van der Waals surface area contributed by atoms with Gasteiger partial charge in [0.2, 0.25) is 0 Å². The van der Waals surface area contributed by atoms with E-state index < -0.39 is 0 Å². The molecule has 2 heterocycles. The number of fused-ring (bicyclic) bond motifs is 1. The molecule has 2 amide bonds. The van der Waals surface area contributed by atoms with E-state index in [2.05, 4.69) is 0 Å². The molecule has 0 bridgehead atoms. The Hall–Kier alpha value is -3.22. The van der Waals surface area contributed by atoms with Crippen molar-refractivity contribution in [3.05, 3.63) is 106 Å². The molecule has 0 aromatic heterocycles. The average molecular weight is 471 g/mol. The number of thiocarbonyl (C=S) groups is 1. The second-order valence-electron chi connectivity index (χ2n) is 8.23. The first kappa shape index (κ1) is 21.6. The number of carbonyl (C=O) groups excluding carboxylic acids is 2. The molecule has 0 saturated carbocycles. The van der Waals surface area contributed by atoms with Gasteiger partial charge in [0.25, 0.3) is 11.8 Å². The summed E-state index contributed by atoms with van der Waals surface area (Å²) in [6, 6.07) is 25.4. The quantitative estimate of drug-likeness (QED) is 0.353. The number of anilines is 1. The first-order valence-electron chi connectivity index (χ1n) is 10.8. The highest BCUT2D eigenvalue weighted by Crippen LogP contribution is 2.46. The van der Waals surface area contributed by atoms with Gasteiger partial charge in [0, 0.05) is 5.56 Å². The molecule has 1 saturated heterocycles. The maximum atomic E-state index is 13.7. The van der Waals surface area contributed by atoms with E-state index in [4.69, 9.17) is 12.2 Å². The molecule has 3 aromatic carbocycles. The van der Waals surface area contributed by atoms with E-state index in [-0.39, 0.29) is 17.9 Å². The van der Waals surface area contributed by atoms with Crippen molar-refractivity contribution in [2.75, 3.05) is 4.90 Å². The van der Waals surface area contributed by atoms with Crippen molar-refractivity contribution in [2.45, 2.75) is 26.4 Å². The fourth-order valence-corrected chi connectivity index (χ4v) is 5.77. The third kappa shape index (κ3) is 3.79. The number of carbonyl (C=O) groups is 2. The van der Waals surface area contributed by atoms with Crippen molar-refractivity contribution < 1.29 is 9.59 Å². The molecule has 3 aromatic rings. The Bertz CT molecular complexity index is 1300. The lowest BCUT2D eigenvalue weighted by Gasteiger charge is -2.23. The zero-order valence-electron chi connectivity index (χ0n) is 18.3. The third-order valence-electron chi connectivity index (χ3n) is 6.08. The SMILES string of the molecule is Cc1ccc(CN2C(=O)/C(=C3\SC(=S)N([C@H](C)c4ccccc4)C3=O)c3ccccc32)cc1. The number of thioether (sulfide) groups is 1. The van der Waals surface area contributed by atoms with Crippen molar-refractivity contribution in [3.63, 3.8) is 0 Å². The lowest BCUT2D eigenvalue weighted by Crippen LogP contribution is -2.31. The predicted molar refractivity (Wildman–Crippen MR) is 138 cm³/mol. The van der Waals surface area contributed by atoms with E-state index in [1.165, 1.54) is 17.3 Å². The maximum Gasteiger partial charge on any atom is 0.267 e. The molecular formula is C27H22N2O2S2. The van der Waals surface area contributed by atoms with Crippen LogP contribution in [0.1, 0.15) is 35.2 Å². The van der Waals surface area contributed by atoms with Gasteiger partial charge in [-0.25, -0.2) is 0 Å². The summed E-state index contributed by atoms with van der Waals surface area (Å²) in [5, 5.41) is 0. The summed E-state index contributed by atoms with van der Waals surface area (Å²) >= 11 is 6.82. The minimum absolute atomic E-state index is 0.162. The summed E-state index contributed by atoms with van der Waals surface area (Å²) in [4.78, 5) is 31.0. The molecular weight excluding hydrogens is 448 g/mol. The highest BCUT2D eigenvalue weighted by Gasteiger charge is 2.43. The van der Waals surface area contributed by atoms with Gasteiger partial charge < -0.3 is 4.90 Å². The molecule has 5 rings (SSSR count). The van der Waals surface area contributed by atoms with Gasteiger partial charge in [0.05, 0.1) is 28.8 Å². The summed E-state index contributed by atoms with van der Waals surface area (Å²) in [7, 11) is 0. The van der Waals surface area contributed by atoms with Crippen molar-refractivity contribution >= 4 is 51.4 Å². The van der Waals surface area contributed by atoms with Gasteiger partial charge in [0.1, 0.15) is 4.32 Å². The molecule has 0 radical (unpaired) electrons. The van der Waals surface area contributed by atoms with Crippen LogP contribution in [0, 0.1) is 6.92 Å². The molecule has 0 N–H and O–H groups in total. The number of para-hydroxylation sites is 1. The first-order chi connectivity index (χ1) is 16.0. The van der Waals surface area contributed by atoms with Gasteiger partial charge in [-0.15, -0.1) is 0 Å². The molecule has 0 aliphatic carbocycles. The zero-order chi connectivity index (χ0) is 23.1. The average Bonchev–Trinajstić information content (AvgIpc) is 3.27. The Kier molecular flexibility index (Phi) is 5.64. The summed E-state index contributed by atoms with van der Waals surface area (Å²) in [5.74, 6) is -0.374. The number of benzene rings is 3. The van der Waals surface area contributed by atoms with E-state index in [1.807, 2.05) is 92.7 Å². The van der Waals surface area contributed by atoms with Gasteiger partial charge in [-0.2, -0.15) is 0 Å². The smallest absolute Gasteiger partial charge is 0.267 e. The lowest BCUT2D eigenvalue weighted by atomic mass is 10.1. The number of hydrogen-bond donors (Lipinski definition) is 0. The van der Waals surface area contributed by atoms with Gasteiger partial charge in [-0.3, -0.25) is 14.5 Å².